The number of carbonyl (C=O) groups is 2. The first kappa shape index (κ1) is 11.4. The molecule has 6 nitrogen and oxygen atoms in total. The molecule has 6 heteroatoms. The number of esters is 1. The van der Waals surface area contributed by atoms with E-state index in [-0.39, 0.29) is 6.61 Å². The van der Waals surface area contributed by atoms with Crippen molar-refractivity contribution in [2.45, 2.75) is 6.10 Å². The van der Waals surface area contributed by atoms with E-state index in [1.807, 2.05) is 0 Å². The van der Waals surface area contributed by atoms with E-state index in [9.17, 15) is 9.59 Å². The quantitative estimate of drug-likeness (QED) is 0.434. The van der Waals surface area contributed by atoms with Gasteiger partial charge < -0.3 is 20.3 Å². The molecule has 0 aliphatic heterocycles. The Kier molecular flexibility index (Phi) is 5.29. The van der Waals surface area contributed by atoms with Gasteiger partial charge in [0.1, 0.15) is 6.61 Å². The summed E-state index contributed by atoms with van der Waals surface area (Å²) in [5.41, 5.74) is 4.66. The topological polar surface area (TPSA) is 98.8 Å². The predicted octanol–water partition coefficient (Wildman–Crippen LogP) is -0.828. The van der Waals surface area contributed by atoms with E-state index in [1.165, 1.54) is 0 Å². The minimum atomic E-state index is -0.992. The highest BCUT2D eigenvalue weighted by Gasteiger charge is 2.12. The van der Waals surface area contributed by atoms with Crippen molar-refractivity contribution in [3.63, 3.8) is 0 Å². The number of aliphatic hydroxyl groups is 1. The predicted molar refractivity (Wildman–Crippen MR) is 42.7 cm³/mol. The second-order valence-corrected chi connectivity index (χ2v) is 2.08. The molecule has 0 aliphatic carbocycles. The number of ether oxygens (including phenoxy) is 2. The molecule has 1 unspecified atom stereocenters. The third-order valence-corrected chi connectivity index (χ3v) is 1.06. The number of primary amides is 1. The number of hydrogen-bond acceptors (Lipinski definition) is 5. The molecule has 0 fully saturated rings. The highest BCUT2D eigenvalue weighted by atomic mass is 16.6. The van der Waals surface area contributed by atoms with Gasteiger partial charge in [-0.2, -0.15) is 0 Å². The van der Waals surface area contributed by atoms with E-state index < -0.39 is 24.8 Å². The Morgan fingerprint density at radius 3 is 2.62 bits per heavy atom. The summed E-state index contributed by atoms with van der Waals surface area (Å²) in [5.74, 6) is -0.702. The third-order valence-electron chi connectivity index (χ3n) is 1.06. The molecule has 0 spiro atoms. The summed E-state index contributed by atoms with van der Waals surface area (Å²) in [5, 5.41) is 8.64. The van der Waals surface area contributed by atoms with Crippen molar-refractivity contribution in [3.8, 4) is 0 Å². The summed E-state index contributed by atoms with van der Waals surface area (Å²) < 4.78 is 8.87. The van der Waals surface area contributed by atoms with Crippen LogP contribution in [-0.4, -0.2) is 36.5 Å². The largest absolute Gasteiger partial charge is 0.453 e. The van der Waals surface area contributed by atoms with Gasteiger partial charge in [-0.25, -0.2) is 9.59 Å². The van der Waals surface area contributed by atoms with E-state index >= 15 is 0 Å². The molecule has 0 saturated heterocycles. The second-order valence-electron chi connectivity index (χ2n) is 2.08. The zero-order valence-corrected chi connectivity index (χ0v) is 6.93. The average Bonchev–Trinajstić information content (AvgIpc) is 2.11. The molecule has 13 heavy (non-hydrogen) atoms. The van der Waals surface area contributed by atoms with Crippen LogP contribution in [0, 0.1) is 0 Å². The first-order valence-electron chi connectivity index (χ1n) is 3.46. The van der Waals surface area contributed by atoms with Crippen molar-refractivity contribution in [2.75, 3.05) is 13.2 Å². The van der Waals surface area contributed by atoms with Gasteiger partial charge in [0.15, 0.2) is 6.10 Å². The molecular formula is C7H11NO5. The maximum absolute atomic E-state index is 10.6. The zero-order valence-electron chi connectivity index (χ0n) is 6.93. The van der Waals surface area contributed by atoms with Crippen LogP contribution in [0.2, 0.25) is 0 Å². The molecule has 0 aromatic carbocycles. The molecule has 1 atom stereocenters. The Hall–Kier alpha value is -1.56. The van der Waals surface area contributed by atoms with Crippen molar-refractivity contribution in [1.29, 1.82) is 0 Å². The van der Waals surface area contributed by atoms with Crippen LogP contribution in [-0.2, 0) is 14.3 Å². The molecule has 0 aromatic rings. The number of rotatable bonds is 5. The van der Waals surface area contributed by atoms with E-state index in [2.05, 4.69) is 21.8 Å². The molecule has 1 amide bonds. The summed E-state index contributed by atoms with van der Waals surface area (Å²) in [6, 6.07) is 0. The molecule has 0 aromatic heterocycles. The number of amides is 1. The highest BCUT2D eigenvalue weighted by Crippen LogP contribution is 1.93. The summed E-state index contributed by atoms with van der Waals surface area (Å²) in [6.07, 6.45) is -0.960. The lowest BCUT2D eigenvalue weighted by Gasteiger charge is -2.13. The second kappa shape index (κ2) is 6.01. The maximum Gasteiger partial charge on any atom is 0.404 e. The van der Waals surface area contributed by atoms with Gasteiger partial charge >= 0.3 is 12.1 Å². The van der Waals surface area contributed by atoms with Crippen molar-refractivity contribution >= 4 is 12.1 Å². The Labute approximate surface area is 74.9 Å². The van der Waals surface area contributed by atoms with Gasteiger partial charge in [-0.05, 0) is 0 Å². The number of carbonyl (C=O) groups excluding carboxylic acids is 2. The molecule has 0 aliphatic rings. The Bertz CT molecular complexity index is 203. The first-order valence-corrected chi connectivity index (χ1v) is 3.46. The van der Waals surface area contributed by atoms with Crippen molar-refractivity contribution in [2.24, 2.45) is 5.73 Å². The van der Waals surface area contributed by atoms with E-state index in [0.29, 0.717) is 0 Å². The van der Waals surface area contributed by atoms with Gasteiger partial charge in [-0.3, -0.25) is 0 Å². The monoisotopic (exact) mass is 189 g/mol. The normalized spacial score (nSPS) is 11.5. The van der Waals surface area contributed by atoms with Crippen molar-refractivity contribution in [1.82, 2.24) is 0 Å². The van der Waals surface area contributed by atoms with Gasteiger partial charge in [-0.1, -0.05) is 6.58 Å². The fourth-order valence-electron chi connectivity index (χ4n) is 0.511. The van der Waals surface area contributed by atoms with E-state index in [0.717, 1.165) is 6.08 Å². The molecule has 0 rings (SSSR count). The zero-order chi connectivity index (χ0) is 10.3. The van der Waals surface area contributed by atoms with Crippen LogP contribution in [0.15, 0.2) is 12.7 Å². The molecule has 0 bridgehead atoms. The number of nitrogens with two attached hydrogens (primary N) is 1. The lowest BCUT2D eigenvalue weighted by molar-refractivity contribution is -0.147. The maximum atomic E-state index is 10.6. The Balaban J connectivity index is 3.81. The molecule has 0 heterocycles. The van der Waals surface area contributed by atoms with Crippen LogP contribution in [0.5, 0.6) is 0 Å². The van der Waals surface area contributed by atoms with Crippen LogP contribution in [0.25, 0.3) is 0 Å². The number of hydrogen-bond donors (Lipinski definition) is 2. The average molecular weight is 189 g/mol. The van der Waals surface area contributed by atoms with Crippen LogP contribution in [0.4, 0.5) is 4.79 Å². The van der Waals surface area contributed by atoms with E-state index in [4.69, 9.17) is 5.11 Å². The minimum Gasteiger partial charge on any atom is -0.453 e. The fourth-order valence-corrected chi connectivity index (χ4v) is 0.511. The van der Waals surface area contributed by atoms with Crippen LogP contribution < -0.4 is 5.73 Å². The lowest BCUT2D eigenvalue weighted by Crippen LogP contribution is -2.29. The SMILES string of the molecule is C=CC(=O)OC(CO)COC(N)=O. The smallest absolute Gasteiger partial charge is 0.404 e. The summed E-state index contributed by atoms with van der Waals surface area (Å²) in [4.78, 5) is 20.7. The van der Waals surface area contributed by atoms with Crippen molar-refractivity contribution in [3.05, 3.63) is 12.7 Å². The molecule has 0 radical (unpaired) electrons. The van der Waals surface area contributed by atoms with Gasteiger partial charge in [0.25, 0.3) is 0 Å². The summed E-state index contributed by atoms with van der Waals surface area (Å²) in [6.45, 7) is 2.43. The van der Waals surface area contributed by atoms with E-state index in [1.54, 1.807) is 0 Å². The first-order chi connectivity index (χ1) is 6.10. The molecule has 3 N–H and O–H groups in total. The highest BCUT2D eigenvalue weighted by molar-refractivity contribution is 5.81. The van der Waals surface area contributed by atoms with Crippen LogP contribution in [0.1, 0.15) is 0 Å². The molecule has 74 valence electrons. The molecular weight excluding hydrogens is 178 g/mol. The minimum absolute atomic E-state index is 0.272. The Morgan fingerprint density at radius 1 is 1.62 bits per heavy atom. The third kappa shape index (κ3) is 5.68. The number of aliphatic hydroxyl groups excluding tert-OH is 1. The molecule has 0 saturated carbocycles. The van der Waals surface area contributed by atoms with Crippen LogP contribution >= 0.6 is 0 Å². The van der Waals surface area contributed by atoms with Gasteiger partial charge in [0.2, 0.25) is 0 Å². The van der Waals surface area contributed by atoms with Crippen LogP contribution in [0.3, 0.4) is 0 Å². The fraction of sp³-hybridized carbons (Fsp3) is 0.429. The standard InChI is InChI=1S/C7H11NO5/c1-2-6(10)13-5(3-9)4-12-7(8)11/h2,5,9H,1,3-4H2,(H2,8,11). The van der Waals surface area contributed by atoms with Gasteiger partial charge in [0.05, 0.1) is 6.61 Å². The van der Waals surface area contributed by atoms with Gasteiger partial charge in [0, 0.05) is 6.08 Å². The summed E-state index contributed by atoms with van der Waals surface area (Å²) in [7, 11) is 0. The Morgan fingerprint density at radius 2 is 2.23 bits per heavy atom. The van der Waals surface area contributed by atoms with Gasteiger partial charge in [-0.15, -0.1) is 0 Å². The summed E-state index contributed by atoms with van der Waals surface area (Å²) >= 11 is 0. The lowest BCUT2D eigenvalue weighted by atomic mass is 10.4. The van der Waals surface area contributed by atoms with Crippen molar-refractivity contribution < 1.29 is 24.2 Å².